The third-order valence-electron chi connectivity index (χ3n) is 3.50. The Balaban J connectivity index is 1.75. The first-order valence-electron chi connectivity index (χ1n) is 6.71. The zero-order chi connectivity index (χ0) is 14.6. The highest BCUT2D eigenvalue weighted by Crippen LogP contribution is 2.19. The van der Waals surface area contributed by atoms with Gasteiger partial charge in [-0.1, -0.05) is 0 Å². The van der Waals surface area contributed by atoms with Crippen LogP contribution in [0, 0.1) is 0 Å². The van der Waals surface area contributed by atoms with Crippen LogP contribution in [0.1, 0.15) is 24.8 Å². The Morgan fingerprint density at radius 1 is 1.55 bits per heavy atom. The number of carbonyl (C=O) groups is 1. The lowest BCUT2D eigenvalue weighted by Crippen LogP contribution is -2.42. The number of carbonyl (C=O) groups excluding carboxylic acids is 1. The van der Waals surface area contributed by atoms with Gasteiger partial charge in [0.25, 0.3) is 0 Å². The van der Waals surface area contributed by atoms with E-state index in [1.54, 1.807) is 11.3 Å². The SMILES string of the molecule is CS(=O)(=O)N1CCC[C@@H]1CNC(=O)CCc1ccsc1. The van der Waals surface area contributed by atoms with Gasteiger partial charge >= 0.3 is 0 Å². The predicted molar refractivity (Wildman–Crippen MR) is 80.2 cm³/mol. The van der Waals surface area contributed by atoms with Crippen molar-refractivity contribution in [3.8, 4) is 0 Å². The summed E-state index contributed by atoms with van der Waals surface area (Å²) in [4.78, 5) is 11.8. The van der Waals surface area contributed by atoms with Gasteiger partial charge in [0.05, 0.1) is 6.26 Å². The zero-order valence-corrected chi connectivity index (χ0v) is 13.2. The van der Waals surface area contributed by atoms with Gasteiger partial charge in [-0.3, -0.25) is 4.79 Å². The van der Waals surface area contributed by atoms with Crippen LogP contribution in [0.25, 0.3) is 0 Å². The molecule has 2 rings (SSSR count). The molecule has 1 aromatic heterocycles. The molecule has 0 bridgehead atoms. The summed E-state index contributed by atoms with van der Waals surface area (Å²) < 4.78 is 24.7. The van der Waals surface area contributed by atoms with Crippen molar-refractivity contribution < 1.29 is 13.2 Å². The summed E-state index contributed by atoms with van der Waals surface area (Å²) in [6.45, 7) is 0.976. The van der Waals surface area contributed by atoms with Crippen molar-refractivity contribution in [2.75, 3.05) is 19.3 Å². The number of aryl methyl sites for hydroxylation is 1. The number of rotatable bonds is 6. The quantitative estimate of drug-likeness (QED) is 0.858. The smallest absolute Gasteiger partial charge is 0.220 e. The third kappa shape index (κ3) is 4.29. The summed E-state index contributed by atoms with van der Waals surface area (Å²) in [5.74, 6) is -0.0171. The minimum atomic E-state index is -3.16. The lowest BCUT2D eigenvalue weighted by molar-refractivity contribution is -0.121. The minimum absolute atomic E-state index is 0.0171. The van der Waals surface area contributed by atoms with Crippen molar-refractivity contribution in [3.05, 3.63) is 22.4 Å². The van der Waals surface area contributed by atoms with Gasteiger partial charge in [-0.15, -0.1) is 0 Å². The summed E-state index contributed by atoms with van der Waals surface area (Å²) in [5.41, 5.74) is 1.17. The van der Waals surface area contributed by atoms with Gasteiger partial charge in [-0.05, 0) is 41.7 Å². The van der Waals surface area contributed by atoms with Gasteiger partial charge in [0.1, 0.15) is 0 Å². The molecule has 0 spiro atoms. The van der Waals surface area contributed by atoms with Gasteiger partial charge in [-0.2, -0.15) is 15.6 Å². The van der Waals surface area contributed by atoms with Crippen molar-refractivity contribution in [1.82, 2.24) is 9.62 Å². The number of hydrogen-bond acceptors (Lipinski definition) is 4. The Kier molecular flexibility index (Phi) is 5.17. The molecule has 1 amide bonds. The zero-order valence-electron chi connectivity index (χ0n) is 11.5. The molecule has 1 fully saturated rings. The fourth-order valence-corrected chi connectivity index (χ4v) is 4.35. The molecule has 1 aromatic rings. The lowest BCUT2D eigenvalue weighted by atomic mass is 10.2. The highest BCUT2D eigenvalue weighted by molar-refractivity contribution is 7.88. The summed E-state index contributed by atoms with van der Waals surface area (Å²) in [7, 11) is -3.16. The molecule has 2 heterocycles. The maximum Gasteiger partial charge on any atom is 0.220 e. The van der Waals surface area contributed by atoms with Crippen molar-refractivity contribution in [2.45, 2.75) is 31.7 Å². The number of nitrogens with zero attached hydrogens (tertiary/aromatic N) is 1. The van der Waals surface area contributed by atoms with E-state index in [0.717, 1.165) is 19.3 Å². The Hall–Kier alpha value is -0.920. The van der Waals surface area contributed by atoms with Crippen molar-refractivity contribution >= 4 is 27.3 Å². The molecule has 0 unspecified atom stereocenters. The highest BCUT2D eigenvalue weighted by Gasteiger charge is 2.31. The molecule has 0 aromatic carbocycles. The molecule has 1 aliphatic heterocycles. The molecule has 7 heteroatoms. The summed E-state index contributed by atoms with van der Waals surface area (Å²) in [6.07, 6.45) is 4.09. The summed E-state index contributed by atoms with van der Waals surface area (Å²) >= 11 is 1.62. The van der Waals surface area contributed by atoms with Gasteiger partial charge in [-0.25, -0.2) is 8.42 Å². The average Bonchev–Trinajstić information content (AvgIpc) is 3.03. The van der Waals surface area contributed by atoms with Crippen LogP contribution >= 0.6 is 11.3 Å². The van der Waals surface area contributed by atoms with Crippen LogP contribution < -0.4 is 5.32 Å². The van der Waals surface area contributed by atoms with Crippen LogP contribution in [-0.4, -0.2) is 44.0 Å². The molecule has 1 N–H and O–H groups in total. The van der Waals surface area contributed by atoms with Crippen LogP contribution in [0.2, 0.25) is 0 Å². The van der Waals surface area contributed by atoms with Gasteiger partial charge < -0.3 is 5.32 Å². The molecule has 0 saturated carbocycles. The second-order valence-electron chi connectivity index (χ2n) is 5.11. The molecule has 1 saturated heterocycles. The van der Waals surface area contributed by atoms with E-state index in [1.807, 2.05) is 16.8 Å². The predicted octanol–water partition coefficient (Wildman–Crippen LogP) is 1.22. The third-order valence-corrected chi connectivity index (χ3v) is 5.57. The Morgan fingerprint density at radius 3 is 3.00 bits per heavy atom. The minimum Gasteiger partial charge on any atom is -0.354 e. The Labute approximate surface area is 124 Å². The topological polar surface area (TPSA) is 66.5 Å². The normalized spacial score (nSPS) is 20.1. The molecule has 0 aliphatic carbocycles. The first-order chi connectivity index (χ1) is 9.47. The summed E-state index contributed by atoms with van der Waals surface area (Å²) in [6, 6.07) is 1.93. The van der Waals surface area contributed by atoms with E-state index in [1.165, 1.54) is 16.1 Å². The maximum atomic E-state index is 11.8. The van der Waals surface area contributed by atoms with Crippen LogP contribution in [0.4, 0.5) is 0 Å². The largest absolute Gasteiger partial charge is 0.354 e. The second-order valence-corrected chi connectivity index (χ2v) is 7.82. The van der Waals surface area contributed by atoms with E-state index in [4.69, 9.17) is 0 Å². The van der Waals surface area contributed by atoms with Crippen LogP contribution in [0.3, 0.4) is 0 Å². The number of sulfonamides is 1. The van der Waals surface area contributed by atoms with Crippen LogP contribution in [0.15, 0.2) is 16.8 Å². The molecule has 112 valence electrons. The lowest BCUT2D eigenvalue weighted by Gasteiger charge is -2.22. The fourth-order valence-electron chi connectivity index (χ4n) is 2.46. The van der Waals surface area contributed by atoms with E-state index in [-0.39, 0.29) is 11.9 Å². The molecule has 1 aliphatic rings. The van der Waals surface area contributed by atoms with E-state index in [9.17, 15) is 13.2 Å². The molecular formula is C13H20N2O3S2. The van der Waals surface area contributed by atoms with Crippen molar-refractivity contribution in [1.29, 1.82) is 0 Å². The fraction of sp³-hybridized carbons (Fsp3) is 0.615. The molecule has 5 nitrogen and oxygen atoms in total. The standard InChI is InChI=1S/C13H20N2O3S2/c1-20(17,18)15-7-2-3-12(15)9-14-13(16)5-4-11-6-8-19-10-11/h6,8,10,12H,2-5,7,9H2,1H3,(H,14,16)/t12-/m1/s1. The number of thiophene rings is 1. The Morgan fingerprint density at radius 2 is 2.35 bits per heavy atom. The second kappa shape index (κ2) is 6.69. The van der Waals surface area contributed by atoms with Crippen molar-refractivity contribution in [3.63, 3.8) is 0 Å². The highest BCUT2D eigenvalue weighted by atomic mass is 32.2. The monoisotopic (exact) mass is 316 g/mol. The molecule has 20 heavy (non-hydrogen) atoms. The van der Waals surface area contributed by atoms with Crippen LogP contribution in [-0.2, 0) is 21.2 Å². The van der Waals surface area contributed by atoms with Gasteiger partial charge in [0.2, 0.25) is 15.9 Å². The Bertz CT molecular complexity index is 540. The van der Waals surface area contributed by atoms with Crippen LogP contribution in [0.5, 0.6) is 0 Å². The number of hydrogen-bond donors (Lipinski definition) is 1. The maximum absolute atomic E-state index is 11.8. The van der Waals surface area contributed by atoms with Crippen molar-refractivity contribution in [2.24, 2.45) is 0 Å². The van der Waals surface area contributed by atoms with E-state index in [2.05, 4.69) is 5.32 Å². The first kappa shape index (κ1) is 15.5. The molecular weight excluding hydrogens is 296 g/mol. The number of amides is 1. The molecule has 1 atom stereocenters. The summed E-state index contributed by atoms with van der Waals surface area (Å²) in [5, 5.41) is 6.88. The number of nitrogens with one attached hydrogen (secondary N) is 1. The average molecular weight is 316 g/mol. The van der Waals surface area contributed by atoms with E-state index < -0.39 is 10.0 Å². The molecule has 0 radical (unpaired) electrons. The van der Waals surface area contributed by atoms with Gasteiger partial charge in [0, 0.05) is 25.6 Å². The van der Waals surface area contributed by atoms with E-state index >= 15 is 0 Å². The van der Waals surface area contributed by atoms with Gasteiger partial charge in [0.15, 0.2) is 0 Å². The van der Waals surface area contributed by atoms with E-state index in [0.29, 0.717) is 19.5 Å². The first-order valence-corrected chi connectivity index (χ1v) is 9.50.